The average molecular weight is 407 g/mol. The summed E-state index contributed by atoms with van der Waals surface area (Å²) < 4.78 is 11.4. The first-order chi connectivity index (χ1) is 14.0. The van der Waals surface area contributed by atoms with Gasteiger partial charge in [0.25, 0.3) is 0 Å². The largest absolute Gasteiger partial charge is 0.496 e. The molecule has 3 rings (SSSR count). The smallest absolute Gasteiger partial charge is 0.185 e. The summed E-state index contributed by atoms with van der Waals surface area (Å²) in [5, 5.41) is 0.679. The number of halogens is 1. The highest BCUT2D eigenvalue weighted by Gasteiger charge is 2.07. The maximum absolute atomic E-state index is 12.4. The number of rotatable bonds is 7. The van der Waals surface area contributed by atoms with Crippen LogP contribution in [0.2, 0.25) is 5.02 Å². The summed E-state index contributed by atoms with van der Waals surface area (Å²) in [5.74, 6) is 1.48. The Morgan fingerprint density at radius 3 is 2.52 bits per heavy atom. The molecule has 0 amide bonds. The van der Waals surface area contributed by atoms with Gasteiger partial charge in [-0.05, 0) is 67.4 Å². The van der Waals surface area contributed by atoms with Crippen LogP contribution < -0.4 is 9.47 Å². The lowest BCUT2D eigenvalue weighted by Gasteiger charge is -2.13. The summed E-state index contributed by atoms with van der Waals surface area (Å²) in [6.07, 6.45) is 3.39. The third-order valence-electron chi connectivity index (χ3n) is 4.55. The van der Waals surface area contributed by atoms with E-state index in [1.165, 1.54) is 0 Å². The minimum Gasteiger partial charge on any atom is -0.496 e. The van der Waals surface area contributed by atoms with E-state index >= 15 is 0 Å². The zero-order valence-electron chi connectivity index (χ0n) is 16.7. The molecular weight excluding hydrogens is 384 g/mol. The van der Waals surface area contributed by atoms with E-state index < -0.39 is 0 Å². The number of allylic oxidation sites excluding steroid dienone is 1. The molecule has 3 aromatic carbocycles. The van der Waals surface area contributed by atoms with Crippen LogP contribution in [-0.2, 0) is 6.61 Å². The molecule has 4 heteroatoms. The minimum absolute atomic E-state index is 0.0286. The van der Waals surface area contributed by atoms with Gasteiger partial charge in [-0.3, -0.25) is 4.79 Å². The van der Waals surface area contributed by atoms with E-state index in [4.69, 9.17) is 21.1 Å². The molecule has 0 saturated carbocycles. The predicted molar refractivity (Wildman–Crippen MR) is 118 cm³/mol. The fourth-order valence-electron chi connectivity index (χ4n) is 3.01. The molecule has 0 aromatic heterocycles. The van der Waals surface area contributed by atoms with Crippen molar-refractivity contribution in [2.24, 2.45) is 0 Å². The van der Waals surface area contributed by atoms with Gasteiger partial charge >= 0.3 is 0 Å². The van der Waals surface area contributed by atoms with Gasteiger partial charge in [-0.1, -0.05) is 47.5 Å². The van der Waals surface area contributed by atoms with Gasteiger partial charge in [0.1, 0.15) is 18.1 Å². The number of hydrogen-bond acceptors (Lipinski definition) is 3. The maximum Gasteiger partial charge on any atom is 0.185 e. The molecule has 0 heterocycles. The Bertz CT molecular complexity index is 1050. The van der Waals surface area contributed by atoms with Crippen LogP contribution >= 0.6 is 11.6 Å². The number of aryl methyl sites for hydroxylation is 2. The maximum atomic E-state index is 12.4. The van der Waals surface area contributed by atoms with Crippen LogP contribution in [0.5, 0.6) is 11.5 Å². The summed E-state index contributed by atoms with van der Waals surface area (Å²) in [6.45, 7) is 4.27. The lowest BCUT2D eigenvalue weighted by molar-refractivity contribution is 0.104. The predicted octanol–water partition coefficient (Wildman–Crippen LogP) is 6.44. The topological polar surface area (TPSA) is 35.5 Å². The zero-order chi connectivity index (χ0) is 20.8. The molecule has 0 spiro atoms. The molecule has 3 nitrogen and oxygen atoms in total. The first kappa shape index (κ1) is 20.7. The van der Waals surface area contributed by atoms with Crippen molar-refractivity contribution in [3.05, 3.63) is 99.6 Å². The van der Waals surface area contributed by atoms with Crippen molar-refractivity contribution in [3.8, 4) is 11.5 Å². The molecule has 0 N–H and O–H groups in total. The van der Waals surface area contributed by atoms with Gasteiger partial charge in [0.2, 0.25) is 0 Å². The van der Waals surface area contributed by atoms with Crippen molar-refractivity contribution < 1.29 is 14.3 Å². The van der Waals surface area contributed by atoms with E-state index in [-0.39, 0.29) is 5.78 Å². The normalized spacial score (nSPS) is 10.9. The summed E-state index contributed by atoms with van der Waals surface area (Å²) in [4.78, 5) is 12.4. The Kier molecular flexibility index (Phi) is 6.73. The molecule has 0 unspecified atom stereocenters. The third kappa shape index (κ3) is 5.49. The van der Waals surface area contributed by atoms with Gasteiger partial charge in [0.05, 0.1) is 7.11 Å². The monoisotopic (exact) mass is 406 g/mol. The second kappa shape index (κ2) is 9.44. The summed E-state index contributed by atoms with van der Waals surface area (Å²) in [7, 11) is 1.63. The number of benzene rings is 3. The number of carbonyl (C=O) groups is 1. The SMILES string of the molecule is COc1ccc(/C=C/C(=O)c2cccc(C)c2)cc1COc1ccc(Cl)cc1C. The molecule has 148 valence electrons. The highest BCUT2D eigenvalue weighted by Crippen LogP contribution is 2.26. The van der Waals surface area contributed by atoms with Gasteiger partial charge in [-0.15, -0.1) is 0 Å². The summed E-state index contributed by atoms with van der Waals surface area (Å²) >= 11 is 6.01. The summed E-state index contributed by atoms with van der Waals surface area (Å²) in [5.41, 5.74) is 4.50. The molecule has 0 radical (unpaired) electrons. The molecular formula is C25H23ClO3. The number of methoxy groups -OCH3 is 1. The third-order valence-corrected chi connectivity index (χ3v) is 4.79. The number of ketones is 1. The standard InChI is InChI=1S/C25H23ClO3/c1-17-5-4-6-20(13-17)23(27)10-7-19-8-11-25(28-3)21(15-19)16-29-24-12-9-22(26)14-18(24)2/h4-15H,16H2,1-3H3/b10-7+. The van der Waals surface area contributed by atoms with Crippen LogP contribution in [0.15, 0.2) is 66.7 Å². The van der Waals surface area contributed by atoms with Crippen LogP contribution in [0.3, 0.4) is 0 Å². The zero-order valence-corrected chi connectivity index (χ0v) is 17.5. The Hall–Kier alpha value is -3.04. The molecule has 0 aliphatic rings. The van der Waals surface area contributed by atoms with Crippen LogP contribution in [0.4, 0.5) is 0 Å². The summed E-state index contributed by atoms with van der Waals surface area (Å²) in [6, 6.07) is 18.8. The molecule has 0 atom stereocenters. The Morgan fingerprint density at radius 1 is 1.00 bits per heavy atom. The fraction of sp³-hybridized carbons (Fsp3) is 0.160. The highest BCUT2D eigenvalue weighted by molar-refractivity contribution is 6.30. The first-order valence-corrected chi connectivity index (χ1v) is 9.69. The Balaban J connectivity index is 1.76. The van der Waals surface area contributed by atoms with Crippen molar-refractivity contribution in [2.45, 2.75) is 20.5 Å². The van der Waals surface area contributed by atoms with Gasteiger partial charge < -0.3 is 9.47 Å². The van der Waals surface area contributed by atoms with E-state index in [2.05, 4.69) is 0 Å². The van der Waals surface area contributed by atoms with Crippen LogP contribution in [0.1, 0.15) is 32.6 Å². The molecule has 0 aliphatic carbocycles. The van der Waals surface area contributed by atoms with E-state index in [1.54, 1.807) is 25.3 Å². The number of carbonyl (C=O) groups excluding carboxylic acids is 1. The first-order valence-electron chi connectivity index (χ1n) is 9.31. The van der Waals surface area contributed by atoms with E-state index in [9.17, 15) is 4.79 Å². The average Bonchev–Trinajstić information content (AvgIpc) is 2.71. The molecule has 3 aromatic rings. The van der Waals surface area contributed by atoms with E-state index in [0.29, 0.717) is 17.2 Å². The lowest BCUT2D eigenvalue weighted by atomic mass is 10.1. The molecule has 29 heavy (non-hydrogen) atoms. The minimum atomic E-state index is -0.0286. The van der Waals surface area contributed by atoms with Crippen molar-refractivity contribution in [2.75, 3.05) is 7.11 Å². The van der Waals surface area contributed by atoms with Crippen molar-refractivity contribution in [1.82, 2.24) is 0 Å². The second-order valence-corrected chi connectivity index (χ2v) is 7.27. The van der Waals surface area contributed by atoms with Gasteiger partial charge in [-0.25, -0.2) is 0 Å². The van der Waals surface area contributed by atoms with Gasteiger partial charge in [0.15, 0.2) is 5.78 Å². The Morgan fingerprint density at radius 2 is 1.79 bits per heavy atom. The van der Waals surface area contributed by atoms with Crippen molar-refractivity contribution in [1.29, 1.82) is 0 Å². The molecule has 0 saturated heterocycles. The molecule has 0 bridgehead atoms. The lowest BCUT2D eigenvalue weighted by Crippen LogP contribution is -2.00. The molecule has 0 fully saturated rings. The second-order valence-electron chi connectivity index (χ2n) is 6.84. The van der Waals surface area contributed by atoms with Gasteiger partial charge in [0, 0.05) is 16.1 Å². The molecule has 0 aliphatic heterocycles. The van der Waals surface area contributed by atoms with Crippen LogP contribution in [0, 0.1) is 13.8 Å². The quantitative estimate of drug-likeness (QED) is 0.334. The van der Waals surface area contributed by atoms with Crippen LogP contribution in [-0.4, -0.2) is 12.9 Å². The fourth-order valence-corrected chi connectivity index (χ4v) is 3.24. The van der Waals surface area contributed by atoms with Crippen molar-refractivity contribution in [3.63, 3.8) is 0 Å². The van der Waals surface area contributed by atoms with Crippen LogP contribution in [0.25, 0.3) is 6.08 Å². The van der Waals surface area contributed by atoms with Gasteiger partial charge in [-0.2, -0.15) is 0 Å². The highest BCUT2D eigenvalue weighted by atomic mass is 35.5. The Labute approximate surface area is 176 Å². The number of hydrogen-bond donors (Lipinski definition) is 0. The number of ether oxygens (including phenoxy) is 2. The van der Waals surface area contributed by atoms with Crippen molar-refractivity contribution >= 4 is 23.5 Å². The van der Waals surface area contributed by atoms with E-state index in [1.807, 2.05) is 68.4 Å². The van der Waals surface area contributed by atoms with E-state index in [0.717, 1.165) is 33.8 Å².